The number of sulfonamides is 1. The lowest BCUT2D eigenvalue weighted by atomic mass is 10.2. The number of anilines is 1. The number of benzene rings is 2. The summed E-state index contributed by atoms with van der Waals surface area (Å²) in [5.74, 6) is -0.202. The Hall–Kier alpha value is -1.94. The molecule has 0 aromatic heterocycles. The Morgan fingerprint density at radius 2 is 1.82 bits per heavy atom. The van der Waals surface area contributed by atoms with E-state index >= 15 is 0 Å². The van der Waals surface area contributed by atoms with E-state index in [0.29, 0.717) is 38.4 Å². The van der Waals surface area contributed by atoms with E-state index < -0.39 is 10.0 Å². The molecule has 2 aromatic carbocycles. The van der Waals surface area contributed by atoms with Gasteiger partial charge >= 0.3 is 0 Å². The Balaban J connectivity index is 1.63. The smallest absolute Gasteiger partial charge is 0.243 e. The molecule has 0 radical (unpaired) electrons. The molecule has 1 aliphatic rings. The van der Waals surface area contributed by atoms with Crippen LogP contribution in [0.1, 0.15) is 12.5 Å². The number of rotatable bonds is 5. The summed E-state index contributed by atoms with van der Waals surface area (Å²) < 4.78 is 28.1. The standard InChI is InChI=1S/C19H22BrN3O4S/c1-14(24)21-17-3-5-18(6-4-17)28(26,27)23-10-8-22(9-11-23)13-15-12-16(20)2-7-19(15)25/h2-7,12,25H,8-11,13H2,1H3,(H,21,24). The number of carbonyl (C=O) groups is 1. The minimum atomic E-state index is -3.58. The maximum absolute atomic E-state index is 12.9. The molecule has 0 unspecified atom stereocenters. The summed E-state index contributed by atoms with van der Waals surface area (Å²) in [5, 5.41) is 14.6. The van der Waals surface area contributed by atoms with Crippen molar-refractivity contribution in [2.75, 3.05) is 31.5 Å². The Kier molecular flexibility index (Phi) is 6.39. The molecule has 0 aliphatic carbocycles. The molecule has 1 fully saturated rings. The molecule has 0 saturated carbocycles. The van der Waals surface area contributed by atoms with E-state index in [1.54, 1.807) is 24.3 Å². The van der Waals surface area contributed by atoms with Crippen molar-refractivity contribution in [3.05, 3.63) is 52.5 Å². The zero-order chi connectivity index (χ0) is 20.3. The van der Waals surface area contributed by atoms with Crippen molar-refractivity contribution >= 4 is 37.5 Å². The SMILES string of the molecule is CC(=O)Nc1ccc(S(=O)(=O)N2CC[NH+](Cc3cc(Br)ccc3[O-])CC2)cc1. The molecule has 0 spiro atoms. The first-order chi connectivity index (χ1) is 13.3. The summed E-state index contributed by atoms with van der Waals surface area (Å²) in [6.45, 7) is 4.04. The van der Waals surface area contributed by atoms with Crippen LogP contribution in [0, 0.1) is 0 Å². The summed E-state index contributed by atoms with van der Waals surface area (Å²) in [6, 6.07) is 11.3. The van der Waals surface area contributed by atoms with Crippen molar-refractivity contribution in [2.24, 2.45) is 0 Å². The van der Waals surface area contributed by atoms with Gasteiger partial charge in [0.05, 0.1) is 31.1 Å². The van der Waals surface area contributed by atoms with Crippen LogP contribution in [0.25, 0.3) is 0 Å². The molecule has 2 aromatic rings. The van der Waals surface area contributed by atoms with Crippen molar-refractivity contribution in [3.63, 3.8) is 0 Å². The second-order valence-electron chi connectivity index (χ2n) is 6.79. The van der Waals surface area contributed by atoms with E-state index in [4.69, 9.17) is 0 Å². The number of nitrogens with zero attached hydrogens (tertiary/aromatic N) is 1. The lowest BCUT2D eigenvalue weighted by Gasteiger charge is -2.32. The fourth-order valence-electron chi connectivity index (χ4n) is 3.24. The van der Waals surface area contributed by atoms with E-state index in [0.717, 1.165) is 10.0 Å². The number of nitrogens with one attached hydrogen (secondary N) is 2. The fourth-order valence-corrected chi connectivity index (χ4v) is 5.09. The van der Waals surface area contributed by atoms with Crippen LogP contribution in [-0.4, -0.2) is 44.8 Å². The third-order valence-corrected chi connectivity index (χ3v) is 7.11. The number of hydrogen-bond acceptors (Lipinski definition) is 4. The monoisotopic (exact) mass is 467 g/mol. The highest BCUT2D eigenvalue weighted by Gasteiger charge is 2.30. The zero-order valence-electron chi connectivity index (χ0n) is 15.4. The molecule has 150 valence electrons. The summed E-state index contributed by atoms with van der Waals surface area (Å²) in [7, 11) is -3.58. The second kappa shape index (κ2) is 8.60. The summed E-state index contributed by atoms with van der Waals surface area (Å²) >= 11 is 3.38. The molecule has 28 heavy (non-hydrogen) atoms. The van der Waals surface area contributed by atoms with E-state index in [1.807, 2.05) is 6.07 Å². The molecule has 9 heteroatoms. The average molecular weight is 468 g/mol. The van der Waals surface area contributed by atoms with Crippen molar-refractivity contribution in [3.8, 4) is 5.75 Å². The van der Waals surface area contributed by atoms with Gasteiger partial charge in [-0.1, -0.05) is 22.0 Å². The minimum Gasteiger partial charge on any atom is -0.872 e. The first-order valence-electron chi connectivity index (χ1n) is 8.92. The van der Waals surface area contributed by atoms with E-state index in [-0.39, 0.29) is 16.6 Å². The van der Waals surface area contributed by atoms with Gasteiger partial charge in [-0.25, -0.2) is 8.42 Å². The Bertz CT molecular complexity index is 956. The maximum Gasteiger partial charge on any atom is 0.243 e. The van der Waals surface area contributed by atoms with Gasteiger partial charge in [-0.2, -0.15) is 4.31 Å². The highest BCUT2D eigenvalue weighted by molar-refractivity contribution is 9.10. The van der Waals surface area contributed by atoms with Crippen LogP contribution in [0.5, 0.6) is 5.75 Å². The molecule has 0 bridgehead atoms. The van der Waals surface area contributed by atoms with Crippen LogP contribution in [0.3, 0.4) is 0 Å². The van der Waals surface area contributed by atoms with Crippen molar-refractivity contribution in [2.45, 2.75) is 18.4 Å². The summed E-state index contributed by atoms with van der Waals surface area (Å²) in [6.07, 6.45) is 0. The topological polar surface area (TPSA) is 94.0 Å². The molecule has 1 aliphatic heterocycles. The number of hydrogen-bond donors (Lipinski definition) is 2. The molecule has 0 atom stereocenters. The third-order valence-electron chi connectivity index (χ3n) is 4.70. The first-order valence-corrected chi connectivity index (χ1v) is 11.2. The van der Waals surface area contributed by atoms with Crippen molar-refractivity contribution < 1.29 is 23.2 Å². The minimum absolute atomic E-state index is 0.00464. The van der Waals surface area contributed by atoms with Gasteiger partial charge in [0.2, 0.25) is 15.9 Å². The van der Waals surface area contributed by atoms with Crippen molar-refractivity contribution in [1.82, 2.24) is 4.31 Å². The van der Waals surface area contributed by atoms with Gasteiger partial charge in [0.15, 0.2) is 0 Å². The predicted molar refractivity (Wildman–Crippen MR) is 107 cm³/mol. The Labute approximate surface area is 173 Å². The number of amides is 1. The molecular weight excluding hydrogens is 446 g/mol. The number of piperazine rings is 1. The largest absolute Gasteiger partial charge is 0.872 e. The van der Waals surface area contributed by atoms with Crippen LogP contribution in [0.4, 0.5) is 5.69 Å². The highest BCUT2D eigenvalue weighted by atomic mass is 79.9. The molecular formula is C19H22BrN3O4S. The van der Waals surface area contributed by atoms with Gasteiger partial charge in [-0.3, -0.25) is 4.79 Å². The predicted octanol–water partition coefficient (Wildman–Crippen LogP) is 0.571. The van der Waals surface area contributed by atoms with Crippen LogP contribution in [-0.2, 0) is 21.4 Å². The van der Waals surface area contributed by atoms with Gasteiger partial charge in [0.1, 0.15) is 6.54 Å². The van der Waals surface area contributed by atoms with E-state index in [1.165, 1.54) is 28.3 Å². The average Bonchev–Trinajstić information content (AvgIpc) is 2.65. The normalized spacial score (nSPS) is 16.1. The third kappa shape index (κ3) is 4.91. The highest BCUT2D eigenvalue weighted by Crippen LogP contribution is 2.20. The van der Waals surface area contributed by atoms with Crippen LogP contribution in [0.15, 0.2) is 51.8 Å². The van der Waals surface area contributed by atoms with Gasteiger partial charge in [-0.15, -0.1) is 5.75 Å². The van der Waals surface area contributed by atoms with Gasteiger partial charge < -0.3 is 15.3 Å². The number of halogens is 1. The van der Waals surface area contributed by atoms with E-state index in [2.05, 4.69) is 21.2 Å². The maximum atomic E-state index is 12.9. The Morgan fingerprint density at radius 1 is 1.18 bits per heavy atom. The van der Waals surface area contributed by atoms with Crippen LogP contribution >= 0.6 is 15.9 Å². The lowest BCUT2D eigenvalue weighted by molar-refractivity contribution is -0.917. The molecule has 1 heterocycles. The first kappa shape index (κ1) is 20.8. The summed E-state index contributed by atoms with van der Waals surface area (Å²) in [5.41, 5.74) is 1.29. The van der Waals surface area contributed by atoms with Crippen molar-refractivity contribution in [1.29, 1.82) is 0 Å². The molecule has 3 rings (SSSR count). The van der Waals surface area contributed by atoms with E-state index in [9.17, 15) is 18.3 Å². The summed E-state index contributed by atoms with van der Waals surface area (Å²) in [4.78, 5) is 12.5. The molecule has 1 saturated heterocycles. The Morgan fingerprint density at radius 3 is 2.43 bits per heavy atom. The lowest BCUT2D eigenvalue weighted by Crippen LogP contribution is -3.13. The second-order valence-corrected chi connectivity index (χ2v) is 9.64. The van der Waals surface area contributed by atoms with Crippen LogP contribution < -0.4 is 15.3 Å². The zero-order valence-corrected chi connectivity index (χ0v) is 17.8. The number of quaternary nitrogens is 1. The molecule has 2 N–H and O–H groups in total. The molecule has 7 nitrogen and oxygen atoms in total. The quantitative estimate of drug-likeness (QED) is 0.671. The van der Waals surface area contributed by atoms with Gasteiger partial charge in [0.25, 0.3) is 0 Å². The van der Waals surface area contributed by atoms with Gasteiger partial charge in [-0.05, 0) is 42.0 Å². The fraction of sp³-hybridized carbons (Fsp3) is 0.316. The van der Waals surface area contributed by atoms with Crippen LogP contribution in [0.2, 0.25) is 0 Å². The van der Waals surface area contributed by atoms with Gasteiger partial charge in [0, 0.05) is 17.1 Å². The molecule has 1 amide bonds. The number of carbonyl (C=O) groups excluding carboxylic acids is 1.